The first-order valence-electron chi connectivity index (χ1n) is 5.68. The quantitative estimate of drug-likeness (QED) is 0.880. The number of carboxylic acids is 1. The summed E-state index contributed by atoms with van der Waals surface area (Å²) in [5.74, 6) is -0.154. The smallest absolute Gasteiger partial charge is 0.306 e. The van der Waals surface area contributed by atoms with Gasteiger partial charge in [-0.1, -0.05) is 11.6 Å². The molecule has 2 heterocycles. The molecule has 1 aliphatic heterocycles. The minimum atomic E-state index is -0.701. The van der Waals surface area contributed by atoms with Crippen LogP contribution >= 0.6 is 11.6 Å². The van der Waals surface area contributed by atoms with Crippen molar-refractivity contribution < 1.29 is 9.90 Å². The Bertz CT molecular complexity index is 429. The van der Waals surface area contributed by atoms with Crippen LogP contribution in [0.25, 0.3) is 0 Å². The first-order chi connectivity index (χ1) is 8.09. The molecule has 0 amide bonds. The first kappa shape index (κ1) is 12.2. The van der Waals surface area contributed by atoms with E-state index < -0.39 is 5.97 Å². The number of hydrogen-bond acceptors (Lipinski definition) is 3. The summed E-state index contributed by atoms with van der Waals surface area (Å²) in [4.78, 5) is 17.2. The van der Waals surface area contributed by atoms with Crippen molar-refractivity contribution in [2.24, 2.45) is 5.92 Å². The molecule has 4 nitrogen and oxygen atoms in total. The third-order valence-corrected chi connectivity index (χ3v) is 3.67. The maximum atomic E-state index is 10.9. The van der Waals surface area contributed by atoms with Crippen molar-refractivity contribution in [3.05, 3.63) is 22.8 Å². The van der Waals surface area contributed by atoms with Crippen LogP contribution in [0.1, 0.15) is 18.4 Å². The highest BCUT2D eigenvalue weighted by Crippen LogP contribution is 2.29. The van der Waals surface area contributed by atoms with E-state index in [1.807, 2.05) is 13.0 Å². The first-order valence-corrected chi connectivity index (χ1v) is 6.06. The maximum Gasteiger partial charge on any atom is 0.306 e. The van der Waals surface area contributed by atoms with E-state index in [1.54, 1.807) is 6.20 Å². The van der Waals surface area contributed by atoms with Crippen molar-refractivity contribution in [1.82, 2.24) is 4.98 Å². The molecular formula is C12H15ClN2O2. The predicted octanol–water partition coefficient (Wildman–Crippen LogP) is 2.34. The van der Waals surface area contributed by atoms with E-state index in [2.05, 4.69) is 9.88 Å². The van der Waals surface area contributed by atoms with Gasteiger partial charge in [-0.3, -0.25) is 4.79 Å². The number of aromatic nitrogens is 1. The number of piperidine rings is 1. The molecule has 0 radical (unpaired) electrons. The zero-order valence-corrected chi connectivity index (χ0v) is 10.4. The lowest BCUT2D eigenvalue weighted by molar-refractivity contribution is -0.142. The number of aliphatic carboxylic acids is 1. The zero-order chi connectivity index (χ0) is 12.4. The molecule has 0 aromatic carbocycles. The molecule has 1 aliphatic rings. The monoisotopic (exact) mass is 254 g/mol. The van der Waals surface area contributed by atoms with Gasteiger partial charge in [-0.05, 0) is 31.4 Å². The fraction of sp³-hybridized carbons (Fsp3) is 0.500. The molecule has 0 bridgehead atoms. The van der Waals surface area contributed by atoms with Crippen LogP contribution in [0.15, 0.2) is 12.3 Å². The highest BCUT2D eigenvalue weighted by Gasteiger charge is 2.26. The van der Waals surface area contributed by atoms with Gasteiger partial charge >= 0.3 is 5.97 Å². The van der Waals surface area contributed by atoms with Crippen LogP contribution < -0.4 is 4.90 Å². The van der Waals surface area contributed by atoms with Crippen LogP contribution in [0.3, 0.4) is 0 Å². The lowest BCUT2D eigenvalue weighted by atomic mass is 9.97. The molecule has 1 saturated heterocycles. The van der Waals surface area contributed by atoms with Crippen LogP contribution in [0, 0.1) is 12.8 Å². The van der Waals surface area contributed by atoms with E-state index in [9.17, 15) is 4.79 Å². The van der Waals surface area contributed by atoms with Crippen LogP contribution in [0.5, 0.6) is 0 Å². The Balaban J connectivity index is 2.10. The summed E-state index contributed by atoms with van der Waals surface area (Å²) in [7, 11) is 0. The fourth-order valence-corrected chi connectivity index (χ4v) is 2.32. The molecule has 2 rings (SSSR count). The molecule has 1 aromatic heterocycles. The number of rotatable bonds is 2. The molecule has 0 unspecified atom stereocenters. The molecule has 0 atom stereocenters. The molecule has 0 spiro atoms. The van der Waals surface area contributed by atoms with Crippen molar-refractivity contribution in [2.75, 3.05) is 18.0 Å². The summed E-state index contributed by atoms with van der Waals surface area (Å²) >= 11 is 6.21. The lowest BCUT2D eigenvalue weighted by Gasteiger charge is -2.31. The van der Waals surface area contributed by atoms with Crippen molar-refractivity contribution in [1.29, 1.82) is 0 Å². The van der Waals surface area contributed by atoms with E-state index >= 15 is 0 Å². The number of hydrogen-bond donors (Lipinski definition) is 1. The van der Waals surface area contributed by atoms with Crippen LogP contribution in [0.4, 0.5) is 5.82 Å². The van der Waals surface area contributed by atoms with Crippen LogP contribution in [0.2, 0.25) is 5.02 Å². The molecule has 1 fully saturated rings. The summed E-state index contributed by atoms with van der Waals surface area (Å²) in [6, 6.07) is 1.87. The van der Waals surface area contributed by atoms with Crippen molar-refractivity contribution >= 4 is 23.4 Å². The van der Waals surface area contributed by atoms with E-state index in [1.165, 1.54) is 0 Å². The minimum Gasteiger partial charge on any atom is -0.481 e. The summed E-state index contributed by atoms with van der Waals surface area (Å²) in [6.45, 7) is 3.35. The van der Waals surface area contributed by atoms with Gasteiger partial charge in [0.1, 0.15) is 5.82 Å². The summed E-state index contributed by atoms with van der Waals surface area (Å²) in [5.41, 5.74) is 0.997. The van der Waals surface area contributed by atoms with Gasteiger partial charge < -0.3 is 10.0 Å². The SMILES string of the molecule is Cc1ccnc(N2CCC(C(=O)O)CC2)c1Cl. The van der Waals surface area contributed by atoms with E-state index in [0.29, 0.717) is 31.0 Å². The zero-order valence-electron chi connectivity index (χ0n) is 9.69. The number of pyridine rings is 1. The second-order valence-corrected chi connectivity index (χ2v) is 4.74. The number of anilines is 1. The Hall–Kier alpha value is -1.29. The predicted molar refractivity (Wildman–Crippen MR) is 66.6 cm³/mol. The molecule has 17 heavy (non-hydrogen) atoms. The largest absolute Gasteiger partial charge is 0.481 e. The van der Waals surface area contributed by atoms with Crippen molar-refractivity contribution in [2.45, 2.75) is 19.8 Å². The Morgan fingerprint density at radius 1 is 1.53 bits per heavy atom. The minimum absolute atomic E-state index is 0.227. The standard InChI is InChI=1S/C12H15ClN2O2/c1-8-2-5-14-11(10(8)13)15-6-3-9(4-7-15)12(16)17/h2,5,9H,3-4,6-7H2,1H3,(H,16,17). The molecule has 92 valence electrons. The van der Waals surface area contributed by atoms with E-state index in [4.69, 9.17) is 16.7 Å². The van der Waals surface area contributed by atoms with Gasteiger partial charge in [-0.15, -0.1) is 0 Å². The third-order valence-electron chi connectivity index (χ3n) is 3.21. The molecule has 1 aromatic rings. The average molecular weight is 255 g/mol. The summed E-state index contributed by atoms with van der Waals surface area (Å²) in [5, 5.41) is 9.60. The second-order valence-electron chi connectivity index (χ2n) is 4.36. The molecular weight excluding hydrogens is 240 g/mol. The third kappa shape index (κ3) is 2.52. The number of carboxylic acid groups (broad SMARTS) is 1. The summed E-state index contributed by atoms with van der Waals surface area (Å²) in [6.07, 6.45) is 3.04. The van der Waals surface area contributed by atoms with Gasteiger partial charge in [0, 0.05) is 19.3 Å². The Kier molecular flexibility index (Phi) is 3.52. The van der Waals surface area contributed by atoms with Gasteiger partial charge in [0.15, 0.2) is 0 Å². The van der Waals surface area contributed by atoms with Gasteiger partial charge in [0.2, 0.25) is 0 Å². The molecule has 0 aliphatic carbocycles. The maximum absolute atomic E-state index is 10.9. The number of carbonyl (C=O) groups is 1. The second kappa shape index (κ2) is 4.92. The number of nitrogens with zero attached hydrogens (tertiary/aromatic N) is 2. The Morgan fingerprint density at radius 2 is 2.18 bits per heavy atom. The number of halogens is 1. The Morgan fingerprint density at radius 3 is 2.76 bits per heavy atom. The van der Waals surface area contributed by atoms with E-state index in [-0.39, 0.29) is 5.92 Å². The van der Waals surface area contributed by atoms with Gasteiger partial charge in [0.05, 0.1) is 10.9 Å². The lowest BCUT2D eigenvalue weighted by Crippen LogP contribution is -2.37. The van der Waals surface area contributed by atoms with Crippen LogP contribution in [-0.2, 0) is 4.79 Å². The van der Waals surface area contributed by atoms with Crippen molar-refractivity contribution in [3.8, 4) is 0 Å². The van der Waals surface area contributed by atoms with Crippen molar-refractivity contribution in [3.63, 3.8) is 0 Å². The highest BCUT2D eigenvalue weighted by molar-refractivity contribution is 6.33. The molecule has 0 saturated carbocycles. The highest BCUT2D eigenvalue weighted by atomic mass is 35.5. The molecule has 5 heteroatoms. The summed E-state index contributed by atoms with van der Waals surface area (Å²) < 4.78 is 0. The average Bonchev–Trinajstić information content (AvgIpc) is 2.33. The Labute approximate surface area is 105 Å². The van der Waals surface area contributed by atoms with Gasteiger partial charge in [-0.25, -0.2) is 4.98 Å². The van der Waals surface area contributed by atoms with Gasteiger partial charge in [-0.2, -0.15) is 0 Å². The normalized spacial score (nSPS) is 17.2. The van der Waals surface area contributed by atoms with Gasteiger partial charge in [0.25, 0.3) is 0 Å². The fourth-order valence-electron chi connectivity index (χ4n) is 2.08. The molecule has 1 N–H and O–H groups in total. The van der Waals surface area contributed by atoms with E-state index in [0.717, 1.165) is 11.4 Å². The number of aryl methyl sites for hydroxylation is 1. The topological polar surface area (TPSA) is 53.4 Å². The van der Waals surface area contributed by atoms with Crippen LogP contribution in [-0.4, -0.2) is 29.1 Å².